The summed E-state index contributed by atoms with van der Waals surface area (Å²) in [5.41, 5.74) is 0. The number of rotatable bonds is 4. The van der Waals surface area contributed by atoms with E-state index >= 15 is 0 Å². The van der Waals surface area contributed by atoms with Crippen molar-refractivity contribution in [3.8, 4) is 0 Å². The Morgan fingerprint density at radius 3 is 2.44 bits per heavy atom. The first kappa shape index (κ1) is 11.9. The van der Waals surface area contributed by atoms with Crippen molar-refractivity contribution in [3.63, 3.8) is 0 Å². The first-order chi connectivity index (χ1) is 7.50. The minimum Gasteiger partial charge on any atom is -0.323 e. The topological polar surface area (TPSA) is 32.3 Å². The van der Waals surface area contributed by atoms with Gasteiger partial charge < -0.3 is 4.90 Å². The number of nitrogens with zero attached hydrogens (tertiary/aromatic N) is 1. The fourth-order valence-corrected chi connectivity index (χ4v) is 2.79. The summed E-state index contributed by atoms with van der Waals surface area (Å²) in [5.74, 6) is 1.57. The zero-order valence-corrected chi connectivity index (χ0v) is 10.9. The van der Waals surface area contributed by atoms with Crippen molar-refractivity contribution >= 4 is 5.91 Å². The van der Waals surface area contributed by atoms with E-state index in [9.17, 15) is 4.79 Å². The maximum atomic E-state index is 12.3. The van der Waals surface area contributed by atoms with Gasteiger partial charge in [-0.05, 0) is 32.1 Å². The molecule has 3 nitrogen and oxygen atoms in total. The molecule has 0 radical (unpaired) electrons. The Hall–Kier alpha value is -0.570. The lowest BCUT2D eigenvalue weighted by Gasteiger charge is -2.28. The van der Waals surface area contributed by atoms with Crippen LogP contribution in [-0.4, -0.2) is 29.1 Å². The van der Waals surface area contributed by atoms with Gasteiger partial charge in [0.2, 0.25) is 5.91 Å². The Morgan fingerprint density at radius 1 is 1.38 bits per heavy atom. The zero-order valence-electron chi connectivity index (χ0n) is 10.9. The van der Waals surface area contributed by atoms with E-state index < -0.39 is 0 Å². The summed E-state index contributed by atoms with van der Waals surface area (Å²) in [6, 6.07) is 0.419. The molecule has 2 aliphatic rings. The molecule has 1 N–H and O–H groups in total. The van der Waals surface area contributed by atoms with Crippen LogP contribution in [0.4, 0.5) is 0 Å². The molecule has 0 aromatic rings. The molecule has 1 aliphatic carbocycles. The van der Waals surface area contributed by atoms with Gasteiger partial charge in [-0.2, -0.15) is 0 Å². The third kappa shape index (κ3) is 2.24. The van der Waals surface area contributed by atoms with Gasteiger partial charge in [0.15, 0.2) is 0 Å². The zero-order chi connectivity index (χ0) is 11.9. The molecule has 2 rings (SSSR count). The molecule has 92 valence electrons. The summed E-state index contributed by atoms with van der Waals surface area (Å²) in [6.45, 7) is 8.51. The molecule has 1 amide bonds. The van der Waals surface area contributed by atoms with E-state index in [0.29, 0.717) is 17.9 Å². The van der Waals surface area contributed by atoms with Crippen molar-refractivity contribution in [2.45, 2.75) is 65.2 Å². The van der Waals surface area contributed by atoms with Crippen LogP contribution in [0.2, 0.25) is 0 Å². The Bertz CT molecular complexity index is 273. The highest BCUT2D eigenvalue weighted by Crippen LogP contribution is 2.35. The molecule has 16 heavy (non-hydrogen) atoms. The molecule has 0 aromatic heterocycles. The molecule has 2 fully saturated rings. The quantitative estimate of drug-likeness (QED) is 0.792. The summed E-state index contributed by atoms with van der Waals surface area (Å²) < 4.78 is 0. The van der Waals surface area contributed by atoms with Gasteiger partial charge in [-0.3, -0.25) is 10.1 Å². The Morgan fingerprint density at radius 2 is 2.00 bits per heavy atom. The predicted molar refractivity (Wildman–Crippen MR) is 64.9 cm³/mol. The number of carbonyl (C=O) groups is 1. The fourth-order valence-electron chi connectivity index (χ4n) is 2.79. The standard InChI is InChI=1S/C13H24N2O/c1-8(2)12-13(16)15(10(4)14-12)9(3)7-11-5-6-11/h8-12,14H,5-7H2,1-4H3. The van der Waals surface area contributed by atoms with Crippen molar-refractivity contribution in [2.24, 2.45) is 11.8 Å². The highest BCUT2D eigenvalue weighted by atomic mass is 16.2. The number of hydrogen-bond donors (Lipinski definition) is 1. The Labute approximate surface area is 98.6 Å². The molecular weight excluding hydrogens is 200 g/mol. The van der Waals surface area contributed by atoms with Gasteiger partial charge in [-0.15, -0.1) is 0 Å². The highest BCUT2D eigenvalue weighted by Gasteiger charge is 2.41. The number of amides is 1. The lowest BCUT2D eigenvalue weighted by Crippen LogP contribution is -2.41. The molecule has 3 atom stereocenters. The van der Waals surface area contributed by atoms with Crippen LogP contribution in [0.5, 0.6) is 0 Å². The van der Waals surface area contributed by atoms with Crippen LogP contribution in [0.3, 0.4) is 0 Å². The fraction of sp³-hybridized carbons (Fsp3) is 0.923. The molecule has 1 saturated heterocycles. The Balaban J connectivity index is 1.99. The second kappa shape index (κ2) is 4.36. The van der Waals surface area contributed by atoms with Gasteiger partial charge in [0.05, 0.1) is 12.2 Å². The van der Waals surface area contributed by atoms with Crippen LogP contribution >= 0.6 is 0 Å². The molecule has 0 spiro atoms. The monoisotopic (exact) mass is 224 g/mol. The van der Waals surface area contributed by atoms with E-state index in [4.69, 9.17) is 0 Å². The predicted octanol–water partition coefficient (Wildman–Crippen LogP) is 1.98. The summed E-state index contributed by atoms with van der Waals surface area (Å²) >= 11 is 0. The summed E-state index contributed by atoms with van der Waals surface area (Å²) in [6.07, 6.45) is 4.11. The van der Waals surface area contributed by atoms with Gasteiger partial charge >= 0.3 is 0 Å². The SMILES string of the molecule is CC(C)C1NC(C)N(C(C)CC2CC2)C1=O. The third-order valence-electron chi connectivity index (χ3n) is 3.87. The average Bonchev–Trinajstić information content (AvgIpc) is 2.92. The van der Waals surface area contributed by atoms with Crippen LogP contribution in [0.25, 0.3) is 0 Å². The minimum atomic E-state index is 0.0247. The molecule has 0 bridgehead atoms. The van der Waals surface area contributed by atoms with Crippen LogP contribution < -0.4 is 5.32 Å². The van der Waals surface area contributed by atoms with Crippen LogP contribution in [-0.2, 0) is 4.79 Å². The van der Waals surface area contributed by atoms with Crippen LogP contribution in [0, 0.1) is 11.8 Å². The summed E-state index contributed by atoms with van der Waals surface area (Å²) in [4.78, 5) is 14.3. The molecule has 0 aromatic carbocycles. The van der Waals surface area contributed by atoms with Gasteiger partial charge in [0.25, 0.3) is 0 Å². The lowest BCUT2D eigenvalue weighted by molar-refractivity contribution is -0.132. The van der Waals surface area contributed by atoms with E-state index in [1.165, 1.54) is 19.3 Å². The molecule has 1 heterocycles. The van der Waals surface area contributed by atoms with Gasteiger partial charge in [-0.1, -0.05) is 26.7 Å². The van der Waals surface area contributed by atoms with E-state index in [1.54, 1.807) is 0 Å². The van der Waals surface area contributed by atoms with Crippen molar-refractivity contribution < 1.29 is 4.79 Å². The van der Waals surface area contributed by atoms with Crippen molar-refractivity contribution in [2.75, 3.05) is 0 Å². The van der Waals surface area contributed by atoms with Gasteiger partial charge in [0, 0.05) is 6.04 Å². The van der Waals surface area contributed by atoms with Crippen LogP contribution in [0.1, 0.15) is 47.0 Å². The van der Waals surface area contributed by atoms with Gasteiger partial charge in [0.1, 0.15) is 0 Å². The number of carbonyl (C=O) groups excluding carboxylic acids is 1. The molecule has 3 unspecified atom stereocenters. The number of nitrogens with one attached hydrogen (secondary N) is 1. The highest BCUT2D eigenvalue weighted by molar-refractivity contribution is 5.84. The van der Waals surface area contributed by atoms with E-state index in [2.05, 4.69) is 37.9 Å². The first-order valence-electron chi connectivity index (χ1n) is 6.59. The van der Waals surface area contributed by atoms with Gasteiger partial charge in [-0.25, -0.2) is 0 Å². The molecule has 1 saturated carbocycles. The Kier molecular flexibility index (Phi) is 3.24. The van der Waals surface area contributed by atoms with E-state index in [-0.39, 0.29) is 12.2 Å². The van der Waals surface area contributed by atoms with E-state index in [0.717, 1.165) is 5.92 Å². The van der Waals surface area contributed by atoms with Crippen molar-refractivity contribution in [3.05, 3.63) is 0 Å². The molecule has 3 heteroatoms. The second-order valence-electron chi connectivity index (χ2n) is 5.84. The maximum absolute atomic E-state index is 12.3. The van der Waals surface area contributed by atoms with Crippen molar-refractivity contribution in [1.29, 1.82) is 0 Å². The number of hydrogen-bond acceptors (Lipinski definition) is 2. The normalized spacial score (nSPS) is 32.6. The van der Waals surface area contributed by atoms with Crippen LogP contribution in [0.15, 0.2) is 0 Å². The van der Waals surface area contributed by atoms with E-state index in [1.807, 2.05) is 0 Å². The minimum absolute atomic E-state index is 0.0247. The third-order valence-corrected chi connectivity index (χ3v) is 3.87. The lowest BCUT2D eigenvalue weighted by atomic mass is 10.0. The largest absolute Gasteiger partial charge is 0.323 e. The molecule has 1 aliphatic heterocycles. The maximum Gasteiger partial charge on any atom is 0.241 e. The molecular formula is C13H24N2O. The summed E-state index contributed by atoms with van der Waals surface area (Å²) in [7, 11) is 0. The summed E-state index contributed by atoms with van der Waals surface area (Å²) in [5, 5.41) is 3.40. The average molecular weight is 224 g/mol. The first-order valence-corrected chi connectivity index (χ1v) is 6.59. The second-order valence-corrected chi connectivity index (χ2v) is 5.84. The smallest absolute Gasteiger partial charge is 0.241 e. The van der Waals surface area contributed by atoms with Crippen molar-refractivity contribution in [1.82, 2.24) is 10.2 Å².